The molecule has 0 amide bonds. The van der Waals surface area contributed by atoms with Crippen molar-refractivity contribution in [2.75, 3.05) is 0 Å². The smallest absolute Gasteiger partial charge is 0.239 e. The van der Waals surface area contributed by atoms with E-state index in [0.29, 0.717) is 0 Å². The topological polar surface area (TPSA) is 78.2 Å². The van der Waals surface area contributed by atoms with E-state index in [1.54, 1.807) is 6.92 Å². The lowest BCUT2D eigenvalue weighted by molar-refractivity contribution is -0.111. The quantitative estimate of drug-likeness (QED) is 0.648. The number of allylic oxidation sites excluding steroid dienone is 1. The van der Waals surface area contributed by atoms with Crippen LogP contribution in [-0.4, -0.2) is 22.4 Å². The largest absolute Gasteiger partial charge is 0.506 e. The molecule has 98 valence electrons. The van der Waals surface area contributed by atoms with Gasteiger partial charge in [0.1, 0.15) is 5.76 Å². The summed E-state index contributed by atoms with van der Waals surface area (Å²) in [4.78, 5) is 23.9. The fraction of sp³-hybridized carbons (Fsp3) is 0.154. The SMILES string of the molecule is CCC(=N)C1=C(O)c2cc(Cl)c(Cl)cc2C(=O)C1=O. The highest BCUT2D eigenvalue weighted by molar-refractivity contribution is 6.58. The van der Waals surface area contributed by atoms with Gasteiger partial charge in [-0.2, -0.15) is 0 Å². The lowest BCUT2D eigenvalue weighted by Gasteiger charge is -2.18. The summed E-state index contributed by atoms with van der Waals surface area (Å²) in [6, 6.07) is 2.57. The second-order valence-corrected chi connectivity index (χ2v) is 4.84. The van der Waals surface area contributed by atoms with Crippen LogP contribution in [0.3, 0.4) is 0 Å². The normalized spacial score (nSPS) is 14.7. The fourth-order valence-corrected chi connectivity index (χ4v) is 2.19. The van der Waals surface area contributed by atoms with Gasteiger partial charge in [-0.3, -0.25) is 9.59 Å². The van der Waals surface area contributed by atoms with Crippen molar-refractivity contribution in [2.45, 2.75) is 13.3 Å². The van der Waals surface area contributed by atoms with Crippen molar-refractivity contribution in [3.05, 3.63) is 38.9 Å². The monoisotopic (exact) mass is 297 g/mol. The minimum atomic E-state index is -0.893. The van der Waals surface area contributed by atoms with Gasteiger partial charge in [0, 0.05) is 16.8 Å². The van der Waals surface area contributed by atoms with E-state index in [-0.39, 0.29) is 38.9 Å². The van der Waals surface area contributed by atoms with Crippen molar-refractivity contribution in [1.82, 2.24) is 0 Å². The van der Waals surface area contributed by atoms with Gasteiger partial charge < -0.3 is 10.5 Å². The number of nitrogens with one attached hydrogen (secondary N) is 1. The summed E-state index contributed by atoms with van der Waals surface area (Å²) in [5.74, 6) is -2.08. The number of rotatable bonds is 2. The molecule has 0 aliphatic heterocycles. The fourth-order valence-electron chi connectivity index (χ4n) is 1.87. The standard InChI is InChI=1S/C13H9Cl2NO3/c1-2-9(16)10-11(17)5-3-7(14)8(15)4-6(5)12(18)13(10)19/h3-4,16-17H,2H2,1H3. The molecule has 6 heteroatoms. The van der Waals surface area contributed by atoms with E-state index in [4.69, 9.17) is 28.6 Å². The van der Waals surface area contributed by atoms with Gasteiger partial charge in [0.25, 0.3) is 0 Å². The molecule has 4 nitrogen and oxygen atoms in total. The Morgan fingerprint density at radius 3 is 2.21 bits per heavy atom. The van der Waals surface area contributed by atoms with Crippen molar-refractivity contribution >= 4 is 46.2 Å². The van der Waals surface area contributed by atoms with E-state index in [1.807, 2.05) is 0 Å². The molecule has 1 aliphatic carbocycles. The van der Waals surface area contributed by atoms with Gasteiger partial charge in [0.15, 0.2) is 0 Å². The number of hydrogen-bond acceptors (Lipinski definition) is 4. The Kier molecular flexibility index (Phi) is 3.47. The van der Waals surface area contributed by atoms with Gasteiger partial charge >= 0.3 is 0 Å². The average molecular weight is 298 g/mol. The summed E-state index contributed by atoms with van der Waals surface area (Å²) < 4.78 is 0. The molecular formula is C13H9Cl2NO3. The van der Waals surface area contributed by atoms with Crippen molar-refractivity contribution in [3.8, 4) is 0 Å². The molecule has 1 aromatic rings. The van der Waals surface area contributed by atoms with Gasteiger partial charge in [-0.15, -0.1) is 0 Å². The number of benzene rings is 1. The minimum Gasteiger partial charge on any atom is -0.506 e. The lowest BCUT2D eigenvalue weighted by Crippen LogP contribution is -2.27. The van der Waals surface area contributed by atoms with Crippen molar-refractivity contribution in [3.63, 3.8) is 0 Å². The first-order chi connectivity index (χ1) is 8.88. The molecule has 0 unspecified atom stereocenters. The van der Waals surface area contributed by atoms with Crippen LogP contribution in [0.1, 0.15) is 29.3 Å². The Hall–Kier alpha value is -1.65. The lowest BCUT2D eigenvalue weighted by atomic mass is 9.86. The molecule has 0 fully saturated rings. The van der Waals surface area contributed by atoms with Gasteiger partial charge in [0.05, 0.1) is 15.6 Å². The first kappa shape index (κ1) is 13.8. The van der Waals surface area contributed by atoms with Gasteiger partial charge in [0.2, 0.25) is 11.6 Å². The molecule has 2 rings (SSSR count). The van der Waals surface area contributed by atoms with Crippen molar-refractivity contribution < 1.29 is 14.7 Å². The number of aliphatic hydroxyl groups excluding tert-OH is 1. The Morgan fingerprint density at radius 2 is 1.68 bits per heavy atom. The molecule has 0 atom stereocenters. The molecular weight excluding hydrogens is 289 g/mol. The zero-order valence-electron chi connectivity index (χ0n) is 9.88. The van der Waals surface area contributed by atoms with Gasteiger partial charge in [-0.05, 0) is 18.6 Å². The highest BCUT2D eigenvalue weighted by Gasteiger charge is 2.35. The number of halogens is 2. The predicted octanol–water partition coefficient (Wildman–Crippen LogP) is 3.46. The van der Waals surface area contributed by atoms with E-state index >= 15 is 0 Å². The summed E-state index contributed by atoms with van der Waals surface area (Å²) in [5, 5.41) is 18.1. The maximum absolute atomic E-state index is 12.0. The number of ketones is 2. The molecule has 1 aromatic carbocycles. The van der Waals surface area contributed by atoms with Crippen LogP contribution >= 0.6 is 23.2 Å². The molecule has 0 bridgehead atoms. The Balaban J connectivity index is 2.78. The highest BCUT2D eigenvalue weighted by Crippen LogP contribution is 2.34. The molecule has 0 saturated carbocycles. The number of carbonyl (C=O) groups is 2. The minimum absolute atomic E-state index is 0.00422. The van der Waals surface area contributed by atoms with Gasteiger partial charge in [-0.25, -0.2) is 0 Å². The first-order valence-electron chi connectivity index (χ1n) is 5.48. The number of carbonyl (C=O) groups excluding carboxylic acids is 2. The summed E-state index contributed by atoms with van der Waals surface area (Å²) >= 11 is 11.6. The Bertz CT molecular complexity index is 662. The van der Waals surface area contributed by atoms with Gasteiger partial charge in [-0.1, -0.05) is 30.1 Å². The average Bonchev–Trinajstić information content (AvgIpc) is 2.38. The van der Waals surface area contributed by atoms with E-state index in [2.05, 4.69) is 0 Å². The van der Waals surface area contributed by atoms with E-state index < -0.39 is 17.3 Å². The van der Waals surface area contributed by atoms with Crippen LogP contribution in [0.15, 0.2) is 17.7 Å². The molecule has 0 aromatic heterocycles. The maximum atomic E-state index is 12.0. The maximum Gasteiger partial charge on any atom is 0.239 e. The second kappa shape index (κ2) is 4.79. The molecule has 19 heavy (non-hydrogen) atoms. The molecule has 0 heterocycles. The molecule has 2 N–H and O–H groups in total. The van der Waals surface area contributed by atoms with Crippen LogP contribution in [0.2, 0.25) is 10.0 Å². The third-order valence-corrected chi connectivity index (χ3v) is 3.61. The molecule has 0 saturated heterocycles. The third-order valence-electron chi connectivity index (χ3n) is 2.89. The Morgan fingerprint density at radius 1 is 1.16 bits per heavy atom. The highest BCUT2D eigenvalue weighted by atomic mass is 35.5. The van der Waals surface area contributed by atoms with Crippen LogP contribution in [0.4, 0.5) is 0 Å². The van der Waals surface area contributed by atoms with E-state index in [1.165, 1.54) is 12.1 Å². The number of Topliss-reactive ketones (excluding diaryl/α,β-unsaturated/α-hetero) is 2. The Labute approximate surface area is 119 Å². The van der Waals surface area contributed by atoms with Crippen LogP contribution in [0.25, 0.3) is 5.76 Å². The third kappa shape index (κ3) is 2.07. The van der Waals surface area contributed by atoms with Crippen LogP contribution < -0.4 is 0 Å². The summed E-state index contributed by atoms with van der Waals surface area (Å²) in [7, 11) is 0. The van der Waals surface area contributed by atoms with Crippen molar-refractivity contribution in [1.29, 1.82) is 5.41 Å². The predicted molar refractivity (Wildman–Crippen MR) is 73.4 cm³/mol. The summed E-state index contributed by atoms with van der Waals surface area (Å²) in [6.07, 6.45) is 0.231. The molecule has 0 radical (unpaired) electrons. The zero-order chi connectivity index (χ0) is 14.3. The summed E-state index contributed by atoms with van der Waals surface area (Å²) in [5.41, 5.74) is -0.220. The van der Waals surface area contributed by atoms with E-state index in [0.717, 1.165) is 0 Å². The van der Waals surface area contributed by atoms with Crippen LogP contribution in [0, 0.1) is 5.41 Å². The van der Waals surface area contributed by atoms with Crippen LogP contribution in [-0.2, 0) is 4.79 Å². The number of hydrogen-bond donors (Lipinski definition) is 2. The molecule has 1 aliphatic rings. The summed E-state index contributed by atoms with van der Waals surface area (Å²) in [6.45, 7) is 1.66. The number of aliphatic hydroxyl groups is 1. The molecule has 0 spiro atoms. The first-order valence-corrected chi connectivity index (χ1v) is 6.23. The van der Waals surface area contributed by atoms with Crippen LogP contribution in [0.5, 0.6) is 0 Å². The number of fused-ring (bicyclic) bond motifs is 1. The van der Waals surface area contributed by atoms with E-state index in [9.17, 15) is 14.7 Å². The van der Waals surface area contributed by atoms with Crippen molar-refractivity contribution in [2.24, 2.45) is 0 Å². The zero-order valence-corrected chi connectivity index (χ0v) is 11.4. The second-order valence-electron chi connectivity index (χ2n) is 4.03.